The summed E-state index contributed by atoms with van der Waals surface area (Å²) in [6.07, 6.45) is 27.1. The predicted octanol–water partition coefficient (Wildman–Crippen LogP) is 11.3. The molecule has 0 unspecified atom stereocenters. The fourth-order valence-corrected chi connectivity index (χ4v) is 5.13. The van der Waals surface area contributed by atoms with Crippen LogP contribution in [-0.4, -0.2) is 24.4 Å². The molecule has 0 heterocycles. The van der Waals surface area contributed by atoms with Crippen molar-refractivity contribution in [2.75, 3.05) is 13.2 Å². The van der Waals surface area contributed by atoms with Crippen LogP contribution in [-0.2, 0) is 9.47 Å². The predicted molar refractivity (Wildman–Crippen MR) is 157 cm³/mol. The van der Waals surface area contributed by atoms with Gasteiger partial charge in [0.1, 0.15) is 0 Å². The lowest BCUT2D eigenvalue weighted by molar-refractivity contribution is -0.00513. The largest absolute Gasteiger partial charge is 0.376 e. The molecule has 0 amide bonds. The molecule has 2 fully saturated rings. The van der Waals surface area contributed by atoms with E-state index in [2.05, 4.69) is 55.4 Å². The first-order valence-corrected chi connectivity index (χ1v) is 15.8. The first-order chi connectivity index (χ1) is 16.6. The van der Waals surface area contributed by atoms with Gasteiger partial charge in [0.15, 0.2) is 0 Å². The summed E-state index contributed by atoms with van der Waals surface area (Å²) in [7, 11) is 0. The molecule has 2 aliphatic rings. The average Bonchev–Trinajstić information content (AvgIpc) is 3.46. The van der Waals surface area contributed by atoms with Crippen LogP contribution in [0.15, 0.2) is 0 Å². The summed E-state index contributed by atoms with van der Waals surface area (Å²) in [5.74, 6) is 2.15. The Bertz CT molecular complexity index is 379. The Kier molecular flexibility index (Phi) is 21.9. The Morgan fingerprint density at radius 2 is 0.771 bits per heavy atom. The average molecular weight is 497 g/mol. The molecular formula is C33H68O2. The van der Waals surface area contributed by atoms with E-state index in [1.54, 1.807) is 0 Å². The van der Waals surface area contributed by atoms with Crippen LogP contribution in [0.3, 0.4) is 0 Å². The molecular weight excluding hydrogens is 428 g/mol. The van der Waals surface area contributed by atoms with Crippen LogP contribution in [0.25, 0.3) is 0 Å². The molecule has 2 rings (SSSR count). The summed E-state index contributed by atoms with van der Waals surface area (Å²) >= 11 is 0. The molecule has 2 saturated carbocycles. The number of hydrogen-bond acceptors (Lipinski definition) is 2. The lowest BCUT2D eigenvalue weighted by Gasteiger charge is -2.19. The molecule has 0 aromatic carbocycles. The molecule has 0 atom stereocenters. The minimum Gasteiger partial charge on any atom is -0.376 e. The monoisotopic (exact) mass is 497 g/mol. The highest BCUT2D eigenvalue weighted by atomic mass is 16.5. The minimum atomic E-state index is 0.0455. The number of rotatable bonds is 14. The van der Waals surface area contributed by atoms with E-state index in [-0.39, 0.29) is 11.2 Å². The molecule has 212 valence electrons. The summed E-state index contributed by atoms with van der Waals surface area (Å²) < 4.78 is 11.4. The van der Waals surface area contributed by atoms with Gasteiger partial charge in [-0.1, -0.05) is 123 Å². The molecule has 2 aliphatic carbocycles. The molecule has 35 heavy (non-hydrogen) atoms. The minimum absolute atomic E-state index is 0.0455. The van der Waals surface area contributed by atoms with Crippen molar-refractivity contribution >= 4 is 0 Å². The Labute approximate surface area is 223 Å². The van der Waals surface area contributed by atoms with Crippen molar-refractivity contribution in [3.63, 3.8) is 0 Å². The van der Waals surface area contributed by atoms with Gasteiger partial charge in [0, 0.05) is 13.2 Å². The van der Waals surface area contributed by atoms with Crippen molar-refractivity contribution in [1.29, 1.82) is 0 Å². The Morgan fingerprint density at radius 3 is 1.06 bits per heavy atom. The highest BCUT2D eigenvalue weighted by Gasteiger charge is 2.15. The topological polar surface area (TPSA) is 18.5 Å². The van der Waals surface area contributed by atoms with Gasteiger partial charge in [0.2, 0.25) is 0 Å². The van der Waals surface area contributed by atoms with Crippen molar-refractivity contribution < 1.29 is 9.47 Å². The van der Waals surface area contributed by atoms with E-state index in [4.69, 9.17) is 9.47 Å². The third-order valence-electron chi connectivity index (χ3n) is 7.03. The maximum atomic E-state index is 5.71. The first kappa shape index (κ1) is 34.9. The van der Waals surface area contributed by atoms with Gasteiger partial charge in [-0.05, 0) is 66.2 Å². The van der Waals surface area contributed by atoms with E-state index in [1.807, 2.05) is 0 Å². The van der Waals surface area contributed by atoms with Crippen LogP contribution in [0.4, 0.5) is 0 Å². The fraction of sp³-hybridized carbons (Fsp3) is 1.00. The molecule has 0 radical (unpaired) electrons. The Balaban J connectivity index is 0.000000594. The van der Waals surface area contributed by atoms with Gasteiger partial charge in [-0.3, -0.25) is 0 Å². The maximum absolute atomic E-state index is 5.71. The van der Waals surface area contributed by atoms with Gasteiger partial charge in [-0.2, -0.15) is 0 Å². The van der Waals surface area contributed by atoms with Crippen molar-refractivity contribution in [2.45, 2.75) is 189 Å². The van der Waals surface area contributed by atoms with Gasteiger partial charge in [-0.15, -0.1) is 0 Å². The third-order valence-corrected chi connectivity index (χ3v) is 7.03. The molecule has 2 nitrogen and oxygen atoms in total. The third kappa shape index (κ3) is 26.8. The number of ether oxygens (including phenoxy) is 2. The maximum Gasteiger partial charge on any atom is 0.0598 e. The van der Waals surface area contributed by atoms with Crippen LogP contribution in [0.2, 0.25) is 0 Å². The van der Waals surface area contributed by atoms with Crippen LogP contribution >= 0.6 is 0 Å². The lowest BCUT2D eigenvalue weighted by Crippen LogP contribution is -2.19. The van der Waals surface area contributed by atoms with E-state index >= 15 is 0 Å². The van der Waals surface area contributed by atoms with Crippen LogP contribution in [0, 0.1) is 11.8 Å². The van der Waals surface area contributed by atoms with E-state index in [1.165, 1.54) is 122 Å². The normalized spacial score (nSPS) is 17.1. The van der Waals surface area contributed by atoms with Gasteiger partial charge in [-0.25, -0.2) is 0 Å². The van der Waals surface area contributed by atoms with Crippen molar-refractivity contribution in [2.24, 2.45) is 11.8 Å². The van der Waals surface area contributed by atoms with Crippen molar-refractivity contribution in [1.82, 2.24) is 0 Å². The van der Waals surface area contributed by atoms with Crippen LogP contribution in [0.1, 0.15) is 177 Å². The molecule has 0 N–H and O–H groups in total. The summed E-state index contributed by atoms with van der Waals surface area (Å²) in [5.41, 5.74) is 0.0910. The number of hydrogen-bond donors (Lipinski definition) is 0. The Morgan fingerprint density at radius 1 is 0.486 bits per heavy atom. The number of unbranched alkanes of at least 4 members (excludes halogenated alkanes) is 6. The van der Waals surface area contributed by atoms with E-state index in [0.29, 0.717) is 0 Å². The first-order valence-electron chi connectivity index (χ1n) is 15.8. The molecule has 0 aromatic rings. The molecule has 0 aliphatic heterocycles. The van der Waals surface area contributed by atoms with E-state index in [0.717, 1.165) is 25.0 Å². The fourth-order valence-electron chi connectivity index (χ4n) is 5.13. The van der Waals surface area contributed by atoms with Crippen LogP contribution < -0.4 is 0 Å². The van der Waals surface area contributed by atoms with Gasteiger partial charge < -0.3 is 9.47 Å². The molecule has 0 saturated heterocycles. The van der Waals surface area contributed by atoms with Crippen LogP contribution in [0.5, 0.6) is 0 Å². The Hall–Kier alpha value is -0.0800. The second-order valence-electron chi connectivity index (χ2n) is 13.3. The van der Waals surface area contributed by atoms with E-state index in [9.17, 15) is 0 Å². The summed E-state index contributed by atoms with van der Waals surface area (Å²) in [6, 6.07) is 0. The van der Waals surface area contributed by atoms with Gasteiger partial charge >= 0.3 is 0 Å². The second kappa shape index (κ2) is 22.0. The highest BCUT2D eigenvalue weighted by molar-refractivity contribution is 4.68. The SMILES string of the molecule is CC(C)(C)OCCCCCCC1CCCC1.CC(C)(C)OCCCCCCC1CCCC1.CCC. The van der Waals surface area contributed by atoms with E-state index < -0.39 is 0 Å². The smallest absolute Gasteiger partial charge is 0.0598 e. The molecule has 0 spiro atoms. The van der Waals surface area contributed by atoms with Crippen molar-refractivity contribution in [3.8, 4) is 0 Å². The molecule has 0 bridgehead atoms. The quantitative estimate of drug-likeness (QED) is 0.223. The summed E-state index contributed by atoms with van der Waals surface area (Å²) in [5, 5.41) is 0. The zero-order valence-corrected chi connectivity index (χ0v) is 25.8. The standard InChI is InChI=1S/2C15H30O.C3H8/c2*1-15(2,3)16-13-9-5-4-6-10-14-11-7-8-12-14;1-3-2/h2*14H,4-13H2,1-3H3;3H2,1-2H3. The second-order valence-corrected chi connectivity index (χ2v) is 13.3. The summed E-state index contributed by atoms with van der Waals surface area (Å²) in [6.45, 7) is 18.9. The van der Waals surface area contributed by atoms with Gasteiger partial charge in [0.25, 0.3) is 0 Å². The molecule has 0 aromatic heterocycles. The summed E-state index contributed by atoms with van der Waals surface area (Å²) in [4.78, 5) is 0. The highest BCUT2D eigenvalue weighted by Crippen LogP contribution is 2.30. The zero-order chi connectivity index (χ0) is 26.4. The lowest BCUT2D eigenvalue weighted by atomic mass is 9.99. The molecule has 2 heteroatoms. The van der Waals surface area contributed by atoms with Crippen molar-refractivity contribution in [3.05, 3.63) is 0 Å². The zero-order valence-electron chi connectivity index (χ0n) is 25.8. The van der Waals surface area contributed by atoms with Gasteiger partial charge in [0.05, 0.1) is 11.2 Å².